The molecule has 2 atom stereocenters. The molecule has 5 heterocycles. The number of hydrogen-bond donors (Lipinski definition) is 0. The molecule has 0 aliphatic heterocycles. The zero-order valence-electron chi connectivity index (χ0n) is 30.3. The molecular weight excluding hydrogens is 621 g/mol. The molecule has 51 heavy (non-hydrogen) atoms. The third-order valence-corrected chi connectivity index (χ3v) is 11.9. The summed E-state index contributed by atoms with van der Waals surface area (Å²) >= 11 is 0. The van der Waals surface area contributed by atoms with Crippen LogP contribution in [0.2, 0.25) is 0 Å². The highest BCUT2D eigenvalue weighted by molar-refractivity contribution is 6.36. The van der Waals surface area contributed by atoms with Crippen molar-refractivity contribution in [3.63, 3.8) is 0 Å². The molecule has 0 bridgehead atoms. The smallest absolute Gasteiger partial charge is 0.0732 e. The minimum atomic E-state index is 0.366. The Morgan fingerprint density at radius 2 is 1.49 bits per heavy atom. The van der Waals surface area contributed by atoms with Gasteiger partial charge in [-0.25, -0.2) is 0 Å². The Hall–Kier alpha value is -5.48. The van der Waals surface area contributed by atoms with Crippen molar-refractivity contribution in [3.8, 4) is 5.69 Å². The minimum Gasteiger partial charge on any atom is -0.309 e. The largest absolute Gasteiger partial charge is 0.309 e. The number of benzene rings is 4. The number of aromatic nitrogens is 4. The zero-order chi connectivity index (χ0) is 34.7. The van der Waals surface area contributed by atoms with E-state index in [9.17, 15) is 0 Å². The highest BCUT2D eigenvalue weighted by Crippen LogP contribution is 2.51. The van der Waals surface area contributed by atoms with Gasteiger partial charge in [0.25, 0.3) is 0 Å². The molecule has 0 fully saturated rings. The van der Waals surface area contributed by atoms with E-state index < -0.39 is 0 Å². The first kappa shape index (κ1) is 30.4. The summed E-state index contributed by atoms with van der Waals surface area (Å²) in [5.41, 5.74) is 15.1. The molecule has 11 rings (SSSR count). The molecule has 0 amide bonds. The van der Waals surface area contributed by atoms with Crippen molar-refractivity contribution in [1.29, 1.82) is 0 Å². The molecule has 4 aromatic carbocycles. The van der Waals surface area contributed by atoms with E-state index in [1.54, 1.807) is 0 Å². The summed E-state index contributed by atoms with van der Waals surface area (Å²) in [5, 5.41) is 10.5. The van der Waals surface area contributed by atoms with Gasteiger partial charge in [0.05, 0.1) is 51.4 Å². The summed E-state index contributed by atoms with van der Waals surface area (Å²) in [6.07, 6.45) is 12.3. The molecule has 0 radical (unpaired) electrons. The summed E-state index contributed by atoms with van der Waals surface area (Å²) in [4.78, 5) is 10.4. The van der Waals surface area contributed by atoms with Crippen LogP contribution in [0, 0.1) is 0 Å². The molecule has 0 N–H and O–H groups in total. The fourth-order valence-corrected chi connectivity index (χ4v) is 9.75. The Kier molecular flexibility index (Phi) is 6.55. The van der Waals surface area contributed by atoms with Crippen LogP contribution in [0.3, 0.4) is 0 Å². The van der Waals surface area contributed by atoms with Gasteiger partial charge in [-0.15, -0.1) is 0 Å². The number of allylic oxidation sites excluding steroid dienone is 2. The fraction of sp³-hybridized carbons (Fsp3) is 0.234. The number of nitrogens with zero attached hydrogens (tertiary/aromatic N) is 4. The average molecular weight is 663 g/mol. The quantitative estimate of drug-likeness (QED) is 0.136. The van der Waals surface area contributed by atoms with Gasteiger partial charge in [0.15, 0.2) is 0 Å². The van der Waals surface area contributed by atoms with Gasteiger partial charge in [0.1, 0.15) is 0 Å². The second-order valence-corrected chi connectivity index (χ2v) is 14.6. The number of hydrogen-bond acceptors (Lipinski definition) is 2. The molecule has 2 aliphatic rings. The van der Waals surface area contributed by atoms with E-state index in [-0.39, 0.29) is 0 Å². The van der Waals surface area contributed by atoms with Crippen LogP contribution in [0.25, 0.3) is 88.5 Å². The van der Waals surface area contributed by atoms with Crippen molar-refractivity contribution < 1.29 is 0 Å². The van der Waals surface area contributed by atoms with E-state index >= 15 is 0 Å². The van der Waals surface area contributed by atoms with Crippen molar-refractivity contribution in [1.82, 2.24) is 18.9 Å². The van der Waals surface area contributed by atoms with Gasteiger partial charge < -0.3 is 8.97 Å². The molecular formula is C47H42N4. The molecule has 4 nitrogen and oxygen atoms in total. The van der Waals surface area contributed by atoms with Crippen LogP contribution in [-0.2, 0) is 0 Å². The Morgan fingerprint density at radius 1 is 0.725 bits per heavy atom. The van der Waals surface area contributed by atoms with Gasteiger partial charge in [0, 0.05) is 49.5 Å². The molecule has 9 aromatic rings. The molecule has 4 heteroatoms. The highest BCUT2D eigenvalue weighted by atomic mass is 15.0. The van der Waals surface area contributed by atoms with Gasteiger partial charge >= 0.3 is 0 Å². The maximum Gasteiger partial charge on any atom is 0.0732 e. The molecule has 2 unspecified atom stereocenters. The van der Waals surface area contributed by atoms with E-state index in [0.717, 1.165) is 25.0 Å². The van der Waals surface area contributed by atoms with Gasteiger partial charge in [-0.3, -0.25) is 9.97 Å². The monoisotopic (exact) mass is 662 g/mol. The first-order chi connectivity index (χ1) is 25.0. The predicted molar refractivity (Wildman–Crippen MR) is 218 cm³/mol. The topological polar surface area (TPSA) is 35.1 Å². The van der Waals surface area contributed by atoms with E-state index in [0.29, 0.717) is 11.8 Å². The number of pyridine rings is 3. The molecule has 2 aliphatic carbocycles. The van der Waals surface area contributed by atoms with Crippen LogP contribution in [-0.4, -0.2) is 18.9 Å². The highest BCUT2D eigenvalue weighted by Gasteiger charge is 2.32. The van der Waals surface area contributed by atoms with E-state index in [4.69, 9.17) is 9.97 Å². The third kappa shape index (κ3) is 3.91. The van der Waals surface area contributed by atoms with Crippen molar-refractivity contribution in [2.75, 3.05) is 0 Å². The maximum atomic E-state index is 5.29. The lowest BCUT2D eigenvalue weighted by atomic mass is 9.90. The van der Waals surface area contributed by atoms with Crippen molar-refractivity contribution in [3.05, 3.63) is 119 Å². The second kappa shape index (κ2) is 11.0. The van der Waals surface area contributed by atoms with Crippen LogP contribution >= 0.6 is 0 Å². The fourth-order valence-electron chi connectivity index (χ4n) is 9.75. The molecule has 5 aromatic heterocycles. The standard InChI is InChI=1S/C45H36N4.C2H6/c1-5-29-26(4)20-34-39(29)41-33-21-31-30-15-9-11-27-12-10-16-35(38(27)30)48(28-13-7-6-8-14-28)44(31)42-40-32-19-24(2)17-18-25(3)43(32)47-23-37(40)49(45(33)42)36(41)22-46-34;1-2/h6-16,19-23,25,29H,5,17-18H2,1-4H3;1-2H3. The molecule has 250 valence electrons. The van der Waals surface area contributed by atoms with Crippen LogP contribution in [0.4, 0.5) is 0 Å². The van der Waals surface area contributed by atoms with Crippen molar-refractivity contribution >= 4 is 82.8 Å². The molecule has 0 saturated heterocycles. The molecule has 0 saturated carbocycles. The lowest BCUT2D eigenvalue weighted by Gasteiger charge is -2.21. The Morgan fingerprint density at radius 3 is 2.29 bits per heavy atom. The average Bonchev–Trinajstić information content (AvgIpc) is 3.77. The van der Waals surface area contributed by atoms with E-state index in [1.165, 1.54) is 104 Å². The number of para-hydroxylation sites is 1. The van der Waals surface area contributed by atoms with Crippen LogP contribution in [0.5, 0.6) is 0 Å². The van der Waals surface area contributed by atoms with Gasteiger partial charge in [-0.1, -0.05) is 93.4 Å². The number of rotatable bonds is 2. The van der Waals surface area contributed by atoms with Crippen LogP contribution < -0.4 is 0 Å². The first-order valence-electron chi connectivity index (χ1n) is 18.8. The Bertz CT molecular complexity index is 2950. The first-order valence-corrected chi connectivity index (χ1v) is 18.8. The van der Waals surface area contributed by atoms with E-state index in [1.807, 2.05) is 13.8 Å². The Labute approximate surface area is 298 Å². The third-order valence-electron chi connectivity index (χ3n) is 11.9. The number of fused-ring (bicyclic) bond motifs is 13. The summed E-state index contributed by atoms with van der Waals surface area (Å²) in [7, 11) is 0. The lowest BCUT2D eigenvalue weighted by Crippen LogP contribution is -2.03. The Balaban J connectivity index is 0.00000161. The normalized spacial score (nSPS) is 17.4. The van der Waals surface area contributed by atoms with Crippen molar-refractivity contribution in [2.45, 2.75) is 72.6 Å². The van der Waals surface area contributed by atoms with Crippen LogP contribution in [0.1, 0.15) is 95.2 Å². The molecule has 0 spiro atoms. The summed E-state index contributed by atoms with van der Waals surface area (Å²) in [6.45, 7) is 13.2. The SMILES string of the molecule is CC.CCC1C(C)=Cc2ncc3c(c21)c1cc2c4cccc5cccc(c54)n(-c4ccccc4)c2c2c4c5c(ncc4n3c12)C(C)CCC(C)=C5. The predicted octanol–water partition coefficient (Wildman–Crippen LogP) is 13.1. The lowest BCUT2D eigenvalue weighted by molar-refractivity contribution is 0.665. The second-order valence-electron chi connectivity index (χ2n) is 14.6. The summed E-state index contributed by atoms with van der Waals surface area (Å²) < 4.78 is 5.06. The van der Waals surface area contributed by atoms with Crippen LogP contribution in [0.15, 0.2) is 96.3 Å². The van der Waals surface area contributed by atoms with Gasteiger partial charge in [-0.05, 0) is 85.7 Å². The minimum absolute atomic E-state index is 0.366. The zero-order valence-corrected chi connectivity index (χ0v) is 30.3. The van der Waals surface area contributed by atoms with E-state index in [2.05, 4.69) is 134 Å². The summed E-state index contributed by atoms with van der Waals surface area (Å²) in [5.74, 6) is 0.745. The van der Waals surface area contributed by atoms with Gasteiger partial charge in [-0.2, -0.15) is 0 Å². The summed E-state index contributed by atoms with van der Waals surface area (Å²) in [6, 6.07) is 27.1. The van der Waals surface area contributed by atoms with Gasteiger partial charge in [0.2, 0.25) is 0 Å². The maximum absolute atomic E-state index is 5.29. The van der Waals surface area contributed by atoms with Crippen molar-refractivity contribution in [2.24, 2.45) is 0 Å².